The van der Waals surface area contributed by atoms with Gasteiger partial charge in [0.05, 0.1) is 6.61 Å². The molecule has 0 saturated carbocycles. The number of hydrogen-bond acceptors (Lipinski definition) is 3. The smallest absolute Gasteiger partial charge is 0.115 e. The number of aliphatic hydroxyl groups excluding tert-OH is 1. The maximum atomic E-state index is 9.90. The minimum Gasteiger partial charge on any atom is -0.508 e. The molecule has 0 aliphatic heterocycles. The molecule has 0 bridgehead atoms. The van der Waals surface area contributed by atoms with Crippen LogP contribution in [0.1, 0.15) is 24.5 Å². The first-order valence-electron chi connectivity index (χ1n) is 6.32. The molecule has 0 aliphatic rings. The summed E-state index contributed by atoms with van der Waals surface area (Å²) in [6, 6.07) is 13.8. The predicted octanol–water partition coefficient (Wildman–Crippen LogP) is 2.79. The first-order valence-corrected chi connectivity index (χ1v) is 6.32. The van der Waals surface area contributed by atoms with Crippen LogP contribution < -0.4 is 0 Å². The molecule has 2 rings (SSSR count). The van der Waals surface area contributed by atoms with Gasteiger partial charge >= 0.3 is 0 Å². The Morgan fingerprint density at radius 3 is 1.42 bits per heavy atom. The van der Waals surface area contributed by atoms with Crippen LogP contribution >= 0.6 is 0 Å². The third-order valence-electron chi connectivity index (χ3n) is 3.71. The fourth-order valence-corrected chi connectivity index (χ4v) is 2.43. The van der Waals surface area contributed by atoms with E-state index in [-0.39, 0.29) is 18.1 Å². The van der Waals surface area contributed by atoms with Gasteiger partial charge in [0, 0.05) is 5.41 Å². The molecule has 0 heterocycles. The van der Waals surface area contributed by atoms with Gasteiger partial charge in [0.1, 0.15) is 11.5 Å². The normalized spacial score (nSPS) is 11.5. The molecule has 0 aliphatic carbocycles. The maximum absolute atomic E-state index is 9.90. The zero-order valence-corrected chi connectivity index (χ0v) is 10.9. The number of rotatable bonds is 4. The van der Waals surface area contributed by atoms with Crippen molar-refractivity contribution in [3.05, 3.63) is 59.7 Å². The van der Waals surface area contributed by atoms with Crippen LogP contribution in [0.4, 0.5) is 0 Å². The molecule has 100 valence electrons. The van der Waals surface area contributed by atoms with Gasteiger partial charge < -0.3 is 15.3 Å². The molecule has 0 amide bonds. The van der Waals surface area contributed by atoms with Crippen molar-refractivity contribution in [1.29, 1.82) is 0 Å². The fourth-order valence-electron chi connectivity index (χ4n) is 2.43. The molecule has 19 heavy (non-hydrogen) atoms. The third kappa shape index (κ3) is 2.42. The van der Waals surface area contributed by atoms with Gasteiger partial charge in [-0.15, -0.1) is 0 Å². The van der Waals surface area contributed by atoms with Crippen LogP contribution in [0.25, 0.3) is 0 Å². The zero-order chi connectivity index (χ0) is 13.9. The number of aliphatic hydroxyl groups is 1. The molecule has 3 nitrogen and oxygen atoms in total. The highest BCUT2D eigenvalue weighted by molar-refractivity contribution is 5.43. The van der Waals surface area contributed by atoms with Gasteiger partial charge in [-0.05, 0) is 41.8 Å². The van der Waals surface area contributed by atoms with Crippen molar-refractivity contribution in [3.8, 4) is 11.5 Å². The molecule has 0 radical (unpaired) electrons. The average molecular weight is 258 g/mol. The van der Waals surface area contributed by atoms with Crippen molar-refractivity contribution in [2.75, 3.05) is 6.61 Å². The average Bonchev–Trinajstić information content (AvgIpc) is 2.44. The van der Waals surface area contributed by atoms with Crippen LogP contribution in [0.2, 0.25) is 0 Å². The van der Waals surface area contributed by atoms with E-state index in [9.17, 15) is 15.3 Å². The van der Waals surface area contributed by atoms with E-state index in [0.717, 1.165) is 17.5 Å². The Labute approximate surface area is 112 Å². The highest BCUT2D eigenvalue weighted by atomic mass is 16.3. The second-order valence-corrected chi connectivity index (χ2v) is 4.69. The highest BCUT2D eigenvalue weighted by Crippen LogP contribution is 2.36. The summed E-state index contributed by atoms with van der Waals surface area (Å²) < 4.78 is 0. The van der Waals surface area contributed by atoms with E-state index in [0.29, 0.717) is 0 Å². The lowest BCUT2D eigenvalue weighted by Crippen LogP contribution is -2.31. The van der Waals surface area contributed by atoms with E-state index in [2.05, 4.69) is 0 Å². The Kier molecular flexibility index (Phi) is 3.76. The number of phenols is 2. The predicted molar refractivity (Wildman–Crippen MR) is 74.4 cm³/mol. The first kappa shape index (κ1) is 13.4. The van der Waals surface area contributed by atoms with E-state index in [1.807, 2.05) is 31.2 Å². The minimum absolute atomic E-state index is 0.0287. The van der Waals surface area contributed by atoms with Crippen molar-refractivity contribution in [2.45, 2.75) is 18.8 Å². The van der Waals surface area contributed by atoms with Crippen molar-refractivity contribution in [1.82, 2.24) is 0 Å². The Morgan fingerprint density at radius 1 is 0.789 bits per heavy atom. The fraction of sp³-hybridized carbons (Fsp3) is 0.250. The summed E-state index contributed by atoms with van der Waals surface area (Å²) in [5.74, 6) is 0.412. The molecule has 0 spiro atoms. The summed E-state index contributed by atoms with van der Waals surface area (Å²) in [4.78, 5) is 0. The first-order chi connectivity index (χ1) is 9.12. The van der Waals surface area contributed by atoms with Gasteiger partial charge in [-0.2, -0.15) is 0 Å². The Hall–Kier alpha value is -2.00. The van der Waals surface area contributed by atoms with Crippen LogP contribution in [0.5, 0.6) is 11.5 Å². The van der Waals surface area contributed by atoms with Gasteiger partial charge in [-0.25, -0.2) is 0 Å². The largest absolute Gasteiger partial charge is 0.508 e. The molecule has 0 fully saturated rings. The van der Waals surface area contributed by atoms with Crippen molar-refractivity contribution >= 4 is 0 Å². The van der Waals surface area contributed by atoms with E-state index < -0.39 is 5.41 Å². The van der Waals surface area contributed by atoms with Gasteiger partial charge in [0.2, 0.25) is 0 Å². The van der Waals surface area contributed by atoms with Crippen LogP contribution in [0.3, 0.4) is 0 Å². The number of benzene rings is 2. The van der Waals surface area contributed by atoms with E-state index in [1.54, 1.807) is 24.3 Å². The molecule has 2 aromatic rings. The molecule has 2 aromatic carbocycles. The summed E-state index contributed by atoms with van der Waals surface area (Å²) in [6.45, 7) is 1.98. The molecule has 3 heteroatoms. The quantitative estimate of drug-likeness (QED) is 0.790. The standard InChI is InChI=1S/C16H18O3/c1-2-16(11-17,12-3-7-14(18)8-4-12)13-5-9-15(19)10-6-13/h3-10,17-19H,2,11H2,1H3. The molecular formula is C16H18O3. The molecule has 0 saturated heterocycles. The second-order valence-electron chi connectivity index (χ2n) is 4.69. The lowest BCUT2D eigenvalue weighted by atomic mass is 9.73. The Bertz CT molecular complexity index is 477. The zero-order valence-electron chi connectivity index (χ0n) is 10.9. The molecule has 0 unspecified atom stereocenters. The van der Waals surface area contributed by atoms with E-state index in [4.69, 9.17) is 0 Å². The van der Waals surface area contributed by atoms with Gasteiger partial charge in [0.15, 0.2) is 0 Å². The van der Waals surface area contributed by atoms with E-state index in [1.165, 1.54) is 0 Å². The van der Waals surface area contributed by atoms with Crippen molar-refractivity contribution < 1.29 is 15.3 Å². The number of phenolic OH excluding ortho intramolecular Hbond substituents is 2. The molecule has 0 aromatic heterocycles. The maximum Gasteiger partial charge on any atom is 0.115 e. The second kappa shape index (κ2) is 5.33. The summed E-state index contributed by atoms with van der Waals surface area (Å²) in [6.07, 6.45) is 0.721. The summed E-state index contributed by atoms with van der Waals surface area (Å²) in [7, 11) is 0. The lowest BCUT2D eigenvalue weighted by molar-refractivity contribution is 0.215. The topological polar surface area (TPSA) is 60.7 Å². The minimum atomic E-state index is -0.512. The third-order valence-corrected chi connectivity index (χ3v) is 3.71. The SMILES string of the molecule is CCC(CO)(c1ccc(O)cc1)c1ccc(O)cc1. The summed E-state index contributed by atoms with van der Waals surface area (Å²) in [5, 5.41) is 28.7. The monoisotopic (exact) mass is 258 g/mol. The molecule has 3 N–H and O–H groups in total. The van der Waals surface area contributed by atoms with Gasteiger partial charge in [-0.1, -0.05) is 31.2 Å². The van der Waals surface area contributed by atoms with Crippen LogP contribution in [0.15, 0.2) is 48.5 Å². The Morgan fingerprint density at radius 2 is 1.16 bits per heavy atom. The molecular weight excluding hydrogens is 240 g/mol. The van der Waals surface area contributed by atoms with Crippen LogP contribution in [-0.4, -0.2) is 21.9 Å². The van der Waals surface area contributed by atoms with Crippen LogP contribution in [0, 0.1) is 0 Å². The number of aromatic hydroxyl groups is 2. The Balaban J connectivity index is 2.53. The van der Waals surface area contributed by atoms with Gasteiger partial charge in [0.25, 0.3) is 0 Å². The van der Waals surface area contributed by atoms with Crippen molar-refractivity contribution in [2.24, 2.45) is 0 Å². The van der Waals surface area contributed by atoms with E-state index >= 15 is 0 Å². The van der Waals surface area contributed by atoms with Crippen molar-refractivity contribution in [3.63, 3.8) is 0 Å². The van der Waals surface area contributed by atoms with Gasteiger partial charge in [-0.3, -0.25) is 0 Å². The summed E-state index contributed by atoms with van der Waals surface area (Å²) in [5.41, 5.74) is 1.38. The lowest BCUT2D eigenvalue weighted by Gasteiger charge is -2.32. The molecule has 0 atom stereocenters. The summed E-state index contributed by atoms with van der Waals surface area (Å²) >= 11 is 0. The number of hydrogen-bond donors (Lipinski definition) is 3. The van der Waals surface area contributed by atoms with Crippen LogP contribution in [-0.2, 0) is 5.41 Å². The highest BCUT2D eigenvalue weighted by Gasteiger charge is 2.31.